The zero-order valence-electron chi connectivity index (χ0n) is 9.36. The summed E-state index contributed by atoms with van der Waals surface area (Å²) in [5, 5.41) is 0. The number of hydrogen-bond donors (Lipinski definition) is 2. The summed E-state index contributed by atoms with van der Waals surface area (Å²) in [6.07, 6.45) is 5.65. The van der Waals surface area contributed by atoms with Crippen molar-refractivity contribution in [2.45, 2.75) is 63.2 Å². The third kappa shape index (κ3) is 2.01. The molecule has 2 heterocycles. The van der Waals surface area contributed by atoms with Crippen LogP contribution in [0.1, 0.15) is 39.0 Å². The lowest BCUT2D eigenvalue weighted by molar-refractivity contribution is -0.127. The van der Waals surface area contributed by atoms with Crippen molar-refractivity contribution in [3.8, 4) is 0 Å². The van der Waals surface area contributed by atoms with Gasteiger partial charge >= 0.3 is 0 Å². The van der Waals surface area contributed by atoms with Crippen LogP contribution in [-0.4, -0.2) is 35.0 Å². The highest BCUT2D eigenvalue weighted by Crippen LogP contribution is 2.34. The number of fused-ring (bicyclic) bond motifs is 2. The molecule has 0 saturated carbocycles. The fourth-order valence-corrected chi connectivity index (χ4v) is 3.24. The van der Waals surface area contributed by atoms with Crippen molar-refractivity contribution in [3.63, 3.8) is 0 Å². The van der Waals surface area contributed by atoms with Gasteiger partial charge in [-0.25, -0.2) is 0 Å². The normalized spacial score (nSPS) is 38.7. The summed E-state index contributed by atoms with van der Waals surface area (Å²) < 4.78 is 0. The Morgan fingerprint density at radius 2 is 1.87 bits per heavy atom. The molecule has 3 atom stereocenters. The maximum absolute atomic E-state index is 11.3. The Hall–Kier alpha value is -0.610. The number of piperidine rings is 2. The Balaban J connectivity index is 2.13. The van der Waals surface area contributed by atoms with Crippen molar-refractivity contribution in [1.29, 1.82) is 0 Å². The van der Waals surface area contributed by atoms with Crippen LogP contribution < -0.4 is 11.5 Å². The molecule has 86 valence electrons. The minimum absolute atomic E-state index is 0.132. The molecule has 4 nitrogen and oxygen atoms in total. The molecule has 2 bridgehead atoms. The number of nitrogens with zero attached hydrogens (tertiary/aromatic N) is 1. The van der Waals surface area contributed by atoms with E-state index in [2.05, 4.69) is 4.90 Å². The molecule has 1 amide bonds. The average molecular weight is 211 g/mol. The fourth-order valence-electron chi connectivity index (χ4n) is 3.24. The minimum atomic E-state index is -0.206. The molecule has 0 aromatic carbocycles. The van der Waals surface area contributed by atoms with Crippen LogP contribution in [0.5, 0.6) is 0 Å². The first-order valence-electron chi connectivity index (χ1n) is 5.92. The standard InChI is InChI=1S/C11H21N3O/c1-7(11(13)15)14-9-3-2-4-10(14)6-8(12)5-9/h7-10H,2-6,12H2,1H3,(H2,13,15). The third-order valence-corrected chi connectivity index (χ3v) is 3.93. The molecule has 2 fully saturated rings. The van der Waals surface area contributed by atoms with E-state index in [0.29, 0.717) is 18.1 Å². The molecule has 0 aromatic heterocycles. The van der Waals surface area contributed by atoms with Crippen LogP contribution in [0.15, 0.2) is 0 Å². The second-order valence-electron chi connectivity index (χ2n) is 5.00. The molecular formula is C11H21N3O. The second-order valence-corrected chi connectivity index (χ2v) is 5.00. The largest absolute Gasteiger partial charge is 0.368 e. The Labute approximate surface area is 91.0 Å². The van der Waals surface area contributed by atoms with Gasteiger partial charge in [-0.1, -0.05) is 6.42 Å². The Kier molecular flexibility index (Phi) is 2.98. The molecule has 3 unspecified atom stereocenters. The summed E-state index contributed by atoms with van der Waals surface area (Å²) in [5.74, 6) is -0.206. The van der Waals surface area contributed by atoms with Gasteiger partial charge in [-0.05, 0) is 32.6 Å². The molecule has 4 heteroatoms. The van der Waals surface area contributed by atoms with E-state index in [4.69, 9.17) is 11.5 Å². The molecule has 2 rings (SSSR count). The highest BCUT2D eigenvalue weighted by molar-refractivity contribution is 5.79. The highest BCUT2D eigenvalue weighted by atomic mass is 16.1. The number of hydrogen-bond acceptors (Lipinski definition) is 3. The van der Waals surface area contributed by atoms with Gasteiger partial charge in [0.25, 0.3) is 0 Å². The number of primary amides is 1. The monoisotopic (exact) mass is 211 g/mol. The van der Waals surface area contributed by atoms with E-state index in [1.807, 2.05) is 6.92 Å². The molecular weight excluding hydrogens is 190 g/mol. The van der Waals surface area contributed by atoms with Crippen molar-refractivity contribution >= 4 is 5.91 Å². The van der Waals surface area contributed by atoms with E-state index < -0.39 is 0 Å². The van der Waals surface area contributed by atoms with E-state index >= 15 is 0 Å². The Bertz CT molecular complexity index is 242. The predicted octanol–water partition coefficient (Wildman–Crippen LogP) is 0.204. The van der Waals surface area contributed by atoms with Gasteiger partial charge in [0.2, 0.25) is 5.91 Å². The van der Waals surface area contributed by atoms with E-state index in [0.717, 1.165) is 12.8 Å². The summed E-state index contributed by atoms with van der Waals surface area (Å²) in [6, 6.07) is 1.15. The van der Waals surface area contributed by atoms with Crippen LogP contribution in [0.2, 0.25) is 0 Å². The smallest absolute Gasteiger partial charge is 0.234 e. The van der Waals surface area contributed by atoms with Gasteiger partial charge in [-0.3, -0.25) is 9.69 Å². The zero-order chi connectivity index (χ0) is 11.0. The fraction of sp³-hybridized carbons (Fsp3) is 0.909. The van der Waals surface area contributed by atoms with Crippen LogP contribution in [0, 0.1) is 0 Å². The molecule has 4 N–H and O–H groups in total. The third-order valence-electron chi connectivity index (χ3n) is 3.93. The number of amides is 1. The number of nitrogens with two attached hydrogens (primary N) is 2. The minimum Gasteiger partial charge on any atom is -0.368 e. The van der Waals surface area contributed by atoms with E-state index in [1.54, 1.807) is 0 Å². The lowest BCUT2D eigenvalue weighted by Gasteiger charge is -2.50. The van der Waals surface area contributed by atoms with E-state index in [9.17, 15) is 4.79 Å². The lowest BCUT2D eigenvalue weighted by Crippen LogP contribution is -2.60. The maximum Gasteiger partial charge on any atom is 0.234 e. The van der Waals surface area contributed by atoms with Crippen LogP contribution >= 0.6 is 0 Å². The Morgan fingerprint density at radius 1 is 1.33 bits per heavy atom. The molecule has 15 heavy (non-hydrogen) atoms. The molecule has 2 aliphatic rings. The first-order valence-corrected chi connectivity index (χ1v) is 5.92. The van der Waals surface area contributed by atoms with Crippen LogP contribution in [-0.2, 0) is 4.79 Å². The van der Waals surface area contributed by atoms with Gasteiger partial charge in [0, 0.05) is 18.1 Å². The number of rotatable bonds is 2. The Morgan fingerprint density at radius 3 is 2.33 bits per heavy atom. The highest BCUT2D eigenvalue weighted by Gasteiger charge is 2.40. The quantitative estimate of drug-likeness (QED) is 0.685. The summed E-state index contributed by atoms with van der Waals surface area (Å²) in [4.78, 5) is 13.6. The first-order chi connectivity index (χ1) is 7.09. The number of carbonyl (C=O) groups excluding carboxylic acids is 1. The van der Waals surface area contributed by atoms with E-state index in [1.165, 1.54) is 19.3 Å². The molecule has 0 aromatic rings. The van der Waals surface area contributed by atoms with Crippen molar-refractivity contribution < 1.29 is 4.79 Å². The molecule has 2 aliphatic heterocycles. The molecule has 0 aliphatic carbocycles. The van der Waals surface area contributed by atoms with Gasteiger partial charge in [-0.15, -0.1) is 0 Å². The molecule has 0 radical (unpaired) electrons. The van der Waals surface area contributed by atoms with Crippen molar-refractivity contribution in [2.24, 2.45) is 11.5 Å². The zero-order valence-corrected chi connectivity index (χ0v) is 9.36. The van der Waals surface area contributed by atoms with Crippen molar-refractivity contribution in [1.82, 2.24) is 4.90 Å². The topological polar surface area (TPSA) is 72.4 Å². The molecule has 2 saturated heterocycles. The average Bonchev–Trinajstić information content (AvgIpc) is 2.15. The van der Waals surface area contributed by atoms with Crippen LogP contribution in [0.4, 0.5) is 0 Å². The van der Waals surface area contributed by atoms with Crippen molar-refractivity contribution in [2.75, 3.05) is 0 Å². The predicted molar refractivity (Wildman–Crippen MR) is 59.1 cm³/mol. The van der Waals surface area contributed by atoms with Gasteiger partial charge in [0.05, 0.1) is 6.04 Å². The second kappa shape index (κ2) is 4.10. The lowest BCUT2D eigenvalue weighted by atomic mass is 9.81. The number of carbonyl (C=O) groups is 1. The van der Waals surface area contributed by atoms with Crippen molar-refractivity contribution in [3.05, 3.63) is 0 Å². The molecule has 0 spiro atoms. The van der Waals surface area contributed by atoms with Crippen LogP contribution in [0.25, 0.3) is 0 Å². The summed E-state index contributed by atoms with van der Waals surface area (Å²) >= 11 is 0. The maximum atomic E-state index is 11.3. The SMILES string of the molecule is CC(C(N)=O)N1C2CCCC1CC(N)C2. The van der Waals surface area contributed by atoms with E-state index in [-0.39, 0.29) is 11.9 Å². The first kappa shape index (κ1) is 10.9. The van der Waals surface area contributed by atoms with Gasteiger partial charge in [-0.2, -0.15) is 0 Å². The van der Waals surface area contributed by atoms with Gasteiger partial charge in [0.15, 0.2) is 0 Å². The summed E-state index contributed by atoms with van der Waals surface area (Å²) in [5.41, 5.74) is 11.4. The van der Waals surface area contributed by atoms with Gasteiger partial charge < -0.3 is 11.5 Å². The summed E-state index contributed by atoms with van der Waals surface area (Å²) in [7, 11) is 0. The summed E-state index contributed by atoms with van der Waals surface area (Å²) in [6.45, 7) is 1.92. The van der Waals surface area contributed by atoms with Gasteiger partial charge in [0.1, 0.15) is 0 Å². The van der Waals surface area contributed by atoms with Crippen LogP contribution in [0.3, 0.4) is 0 Å².